The lowest BCUT2D eigenvalue weighted by Gasteiger charge is -2.23. The number of anilines is 3. The molecule has 9 heteroatoms. The number of nitrogens with one attached hydrogen (secondary N) is 4. The Labute approximate surface area is 162 Å². The van der Waals surface area contributed by atoms with Gasteiger partial charge < -0.3 is 15.8 Å². The Balaban J connectivity index is 1.85. The van der Waals surface area contributed by atoms with Gasteiger partial charge >= 0.3 is 6.03 Å². The van der Waals surface area contributed by atoms with Crippen LogP contribution in [-0.4, -0.2) is 28.9 Å². The molecule has 0 spiro atoms. The van der Waals surface area contributed by atoms with Crippen LogP contribution in [0.1, 0.15) is 37.1 Å². The summed E-state index contributed by atoms with van der Waals surface area (Å²) >= 11 is 6.04. The Hall–Kier alpha value is -2.84. The van der Waals surface area contributed by atoms with Crippen LogP contribution < -0.4 is 21.1 Å². The van der Waals surface area contributed by atoms with Crippen LogP contribution in [0.15, 0.2) is 30.5 Å². The predicted molar refractivity (Wildman–Crippen MR) is 107 cm³/mol. The van der Waals surface area contributed by atoms with Crippen molar-refractivity contribution < 1.29 is 9.90 Å². The lowest BCUT2D eigenvalue weighted by molar-refractivity contribution is 0.186. The monoisotopic (exact) mass is 388 g/mol. The fourth-order valence-electron chi connectivity index (χ4n) is 2.79. The van der Waals surface area contributed by atoms with E-state index in [1.807, 2.05) is 6.92 Å². The average molecular weight is 389 g/mol. The number of aliphatic hydroxyl groups is 1. The van der Waals surface area contributed by atoms with Crippen LogP contribution in [-0.2, 0) is 0 Å². The number of nitrogens with zero attached hydrogens (tertiary/aromatic N) is 2. The zero-order chi connectivity index (χ0) is 19.4. The summed E-state index contributed by atoms with van der Waals surface area (Å²) in [7, 11) is 0. The number of carbonyl (C=O) groups excluding carboxylic acids is 1. The summed E-state index contributed by atoms with van der Waals surface area (Å²) in [5, 5.41) is 25.8. The standard InChI is InChI=1S/C18H21ClN6O2/c1-2-3-7-21-18(27)23-16-13(9-20)15-14(10-22-16)17(26)25(24-15)12-6-4-5-11(19)8-12/h4-6,8-10,17,20,24,26H,2-3,7H2,1H3,(H2,21,22,23,27). The molecule has 5 N–H and O–H groups in total. The third-order valence-corrected chi connectivity index (χ3v) is 4.41. The zero-order valence-electron chi connectivity index (χ0n) is 14.8. The highest BCUT2D eigenvalue weighted by molar-refractivity contribution is 6.30. The summed E-state index contributed by atoms with van der Waals surface area (Å²) in [5.41, 5.74) is 5.13. The summed E-state index contributed by atoms with van der Waals surface area (Å²) in [6.45, 7) is 2.60. The average Bonchev–Trinajstić information content (AvgIpc) is 2.98. The maximum atomic E-state index is 12.0. The Kier molecular flexibility index (Phi) is 5.78. The summed E-state index contributed by atoms with van der Waals surface area (Å²) in [6.07, 6.45) is 3.42. The van der Waals surface area contributed by atoms with Crippen LogP contribution in [0.4, 0.5) is 22.0 Å². The molecule has 3 rings (SSSR count). The van der Waals surface area contributed by atoms with Crippen molar-refractivity contribution in [1.29, 1.82) is 5.41 Å². The van der Waals surface area contributed by atoms with Crippen LogP contribution >= 0.6 is 11.6 Å². The van der Waals surface area contributed by atoms with Gasteiger partial charge in [0.15, 0.2) is 6.23 Å². The number of hydrazine groups is 1. The molecule has 142 valence electrons. The van der Waals surface area contributed by atoms with E-state index in [2.05, 4.69) is 21.0 Å². The lowest BCUT2D eigenvalue weighted by Crippen LogP contribution is -2.30. The molecular formula is C18H21ClN6O2. The molecule has 2 heterocycles. The van der Waals surface area contributed by atoms with Gasteiger partial charge in [0.1, 0.15) is 5.82 Å². The van der Waals surface area contributed by atoms with Gasteiger partial charge in [-0.3, -0.25) is 15.8 Å². The summed E-state index contributed by atoms with van der Waals surface area (Å²) in [4.78, 5) is 16.2. The number of benzene rings is 1. The minimum atomic E-state index is -1.00. The summed E-state index contributed by atoms with van der Waals surface area (Å²) in [5.74, 6) is 0.241. The molecular weight excluding hydrogens is 368 g/mol. The van der Waals surface area contributed by atoms with Gasteiger partial charge in [-0.1, -0.05) is 31.0 Å². The first-order chi connectivity index (χ1) is 13.0. The molecule has 0 aliphatic carbocycles. The first kappa shape index (κ1) is 18.9. The van der Waals surface area contributed by atoms with E-state index in [-0.39, 0.29) is 11.8 Å². The number of aliphatic hydroxyl groups excluding tert-OH is 1. The van der Waals surface area contributed by atoms with Crippen LogP contribution in [0, 0.1) is 5.41 Å². The molecule has 1 aromatic heterocycles. The second-order valence-corrected chi connectivity index (χ2v) is 6.50. The number of rotatable bonds is 6. The van der Waals surface area contributed by atoms with Crippen LogP contribution in [0.25, 0.3) is 0 Å². The number of carbonyl (C=O) groups is 1. The molecule has 1 aliphatic heterocycles. The number of urea groups is 1. The second kappa shape index (κ2) is 8.24. The van der Waals surface area contributed by atoms with Gasteiger partial charge in [-0.05, 0) is 24.6 Å². The summed E-state index contributed by atoms with van der Waals surface area (Å²) in [6, 6.07) is 6.64. The Morgan fingerprint density at radius 1 is 1.52 bits per heavy atom. The van der Waals surface area contributed by atoms with Gasteiger partial charge in [0.25, 0.3) is 0 Å². The van der Waals surface area contributed by atoms with Crippen molar-refractivity contribution in [3.63, 3.8) is 0 Å². The molecule has 2 aromatic rings. The van der Waals surface area contributed by atoms with E-state index in [1.165, 1.54) is 11.2 Å². The van der Waals surface area contributed by atoms with Crippen molar-refractivity contribution in [3.05, 3.63) is 46.6 Å². The highest BCUT2D eigenvalue weighted by atomic mass is 35.5. The van der Waals surface area contributed by atoms with E-state index in [0.29, 0.717) is 34.1 Å². The fourth-order valence-corrected chi connectivity index (χ4v) is 2.97. The van der Waals surface area contributed by atoms with Crippen LogP contribution in [0.3, 0.4) is 0 Å². The van der Waals surface area contributed by atoms with E-state index in [9.17, 15) is 9.90 Å². The molecule has 0 radical (unpaired) electrons. The van der Waals surface area contributed by atoms with Gasteiger partial charge in [0.2, 0.25) is 0 Å². The van der Waals surface area contributed by atoms with Crippen molar-refractivity contribution in [2.45, 2.75) is 26.0 Å². The van der Waals surface area contributed by atoms with Crippen LogP contribution in [0.2, 0.25) is 5.02 Å². The highest BCUT2D eigenvalue weighted by Gasteiger charge is 2.32. The molecule has 1 aliphatic rings. The number of aromatic nitrogens is 1. The number of halogens is 1. The van der Waals surface area contributed by atoms with Crippen molar-refractivity contribution in [3.8, 4) is 0 Å². The Morgan fingerprint density at radius 2 is 2.33 bits per heavy atom. The highest BCUT2D eigenvalue weighted by Crippen LogP contribution is 2.40. The molecule has 1 aromatic carbocycles. The zero-order valence-corrected chi connectivity index (χ0v) is 15.5. The third-order valence-electron chi connectivity index (χ3n) is 4.18. The van der Waals surface area contributed by atoms with E-state index >= 15 is 0 Å². The Bertz CT molecular complexity index is 860. The van der Waals surface area contributed by atoms with E-state index in [0.717, 1.165) is 19.1 Å². The van der Waals surface area contributed by atoms with Gasteiger partial charge in [-0.25, -0.2) is 9.78 Å². The third kappa shape index (κ3) is 3.96. The predicted octanol–water partition coefficient (Wildman–Crippen LogP) is 3.49. The van der Waals surface area contributed by atoms with E-state index in [1.54, 1.807) is 24.3 Å². The number of amides is 2. The minimum Gasteiger partial charge on any atom is -0.368 e. The maximum Gasteiger partial charge on any atom is 0.320 e. The second-order valence-electron chi connectivity index (χ2n) is 6.06. The van der Waals surface area contributed by atoms with Crippen molar-refractivity contribution in [1.82, 2.24) is 10.3 Å². The van der Waals surface area contributed by atoms with Crippen molar-refractivity contribution in [2.24, 2.45) is 0 Å². The summed E-state index contributed by atoms with van der Waals surface area (Å²) < 4.78 is 0. The molecule has 0 saturated heterocycles. The number of unbranched alkanes of at least 4 members (excludes halogenated alkanes) is 1. The lowest BCUT2D eigenvalue weighted by atomic mass is 10.1. The number of hydrogen-bond acceptors (Lipinski definition) is 6. The number of pyridine rings is 1. The molecule has 1 atom stereocenters. The SMILES string of the molecule is CCCCNC(=O)Nc1ncc2c(c1C=N)NN(c1cccc(Cl)c1)C2O. The molecule has 0 saturated carbocycles. The molecule has 27 heavy (non-hydrogen) atoms. The van der Waals surface area contributed by atoms with E-state index < -0.39 is 6.23 Å². The smallest absolute Gasteiger partial charge is 0.320 e. The molecule has 8 nitrogen and oxygen atoms in total. The number of fused-ring (bicyclic) bond motifs is 1. The van der Waals surface area contributed by atoms with Crippen molar-refractivity contribution in [2.75, 3.05) is 22.3 Å². The van der Waals surface area contributed by atoms with Gasteiger partial charge in [-0.2, -0.15) is 0 Å². The van der Waals surface area contributed by atoms with Crippen LogP contribution in [0.5, 0.6) is 0 Å². The largest absolute Gasteiger partial charge is 0.368 e. The maximum absolute atomic E-state index is 12.0. The van der Waals surface area contributed by atoms with Crippen molar-refractivity contribution >= 4 is 41.0 Å². The topological polar surface area (TPSA) is 113 Å². The quantitative estimate of drug-likeness (QED) is 0.384. The molecule has 1 unspecified atom stereocenters. The first-order valence-corrected chi connectivity index (χ1v) is 9.00. The Morgan fingerprint density at radius 3 is 3.04 bits per heavy atom. The van der Waals surface area contributed by atoms with Gasteiger partial charge in [0, 0.05) is 29.5 Å². The van der Waals surface area contributed by atoms with E-state index in [4.69, 9.17) is 17.0 Å². The molecule has 0 fully saturated rings. The van der Waals surface area contributed by atoms with Gasteiger partial charge in [0.05, 0.1) is 16.9 Å². The fraction of sp³-hybridized carbons (Fsp3) is 0.278. The molecule has 2 amide bonds. The molecule has 0 bridgehead atoms. The normalized spacial score (nSPS) is 15.1. The minimum absolute atomic E-state index is 0.241. The van der Waals surface area contributed by atoms with Gasteiger partial charge in [-0.15, -0.1) is 0 Å². The first-order valence-electron chi connectivity index (χ1n) is 8.63. The number of hydrogen-bond donors (Lipinski definition) is 5.